The Kier molecular flexibility index (Phi) is 9.96. The number of benzene rings is 1. The first-order chi connectivity index (χ1) is 12.3. The minimum atomic E-state index is -5.48. The molecule has 0 aliphatic rings. The van der Waals surface area contributed by atoms with Gasteiger partial charge in [0.05, 0.1) is 12.0 Å². The zero-order chi connectivity index (χ0) is 20.8. The molecule has 0 amide bonds. The summed E-state index contributed by atoms with van der Waals surface area (Å²) in [5, 5.41) is 0. The first-order valence-corrected chi connectivity index (χ1v) is 11.6. The van der Waals surface area contributed by atoms with Gasteiger partial charge in [-0.05, 0) is 79.9 Å². The molecule has 0 heterocycles. The van der Waals surface area contributed by atoms with Crippen molar-refractivity contribution in [1.82, 2.24) is 4.72 Å². The molecule has 7 nitrogen and oxygen atoms in total. The number of carbonyl (C=O) groups is 2. The summed E-state index contributed by atoms with van der Waals surface area (Å²) in [6.07, 6.45) is -0.324. The first-order valence-electron chi connectivity index (χ1n) is 6.88. The maximum atomic E-state index is 12.1. The van der Waals surface area contributed by atoms with Crippen LogP contribution in [0.1, 0.15) is 16.8 Å². The van der Waals surface area contributed by atoms with Gasteiger partial charge in [0, 0.05) is 17.3 Å². The fourth-order valence-corrected chi connectivity index (χ4v) is 4.40. The first kappa shape index (κ1) is 25.1. The van der Waals surface area contributed by atoms with Crippen LogP contribution in [0.15, 0.2) is 12.1 Å². The van der Waals surface area contributed by atoms with E-state index in [4.69, 9.17) is 4.74 Å². The van der Waals surface area contributed by atoms with Crippen molar-refractivity contribution in [3.05, 3.63) is 28.4 Å². The molecule has 0 aliphatic carbocycles. The molecule has 1 rings (SSSR count). The number of nitrogens with one attached hydrogen (secondary N) is 1. The number of esters is 2. The van der Waals surface area contributed by atoms with Crippen LogP contribution < -0.4 is 4.72 Å². The summed E-state index contributed by atoms with van der Waals surface area (Å²) in [4.78, 5) is 23.5. The quantitative estimate of drug-likeness (QED) is 0.190. The predicted molar refractivity (Wildman–Crippen MR) is 113 cm³/mol. The molecule has 0 atom stereocenters. The Bertz CT molecular complexity index is 816. The van der Waals surface area contributed by atoms with Gasteiger partial charge in [-0.3, -0.25) is 4.79 Å². The van der Waals surface area contributed by atoms with Crippen LogP contribution in [0.3, 0.4) is 0 Å². The van der Waals surface area contributed by atoms with E-state index in [2.05, 4.69) is 27.3 Å². The summed E-state index contributed by atoms with van der Waals surface area (Å²) in [6, 6.07) is 3.52. The smallest absolute Gasteiger partial charge is 0.464 e. The lowest BCUT2D eigenvalue weighted by Gasteiger charge is -2.10. The van der Waals surface area contributed by atoms with Gasteiger partial charge in [-0.15, -0.1) is 0 Å². The highest BCUT2D eigenvalue weighted by atomic mass is 127. The van der Waals surface area contributed by atoms with Gasteiger partial charge in [-0.1, -0.05) is 0 Å². The fraction of sp³-hybridized carbons (Fsp3) is 0.385. The molecular formula is C13H11F3I3NO6S. The minimum Gasteiger partial charge on any atom is -0.464 e. The third kappa shape index (κ3) is 8.13. The third-order valence-electron chi connectivity index (χ3n) is 2.71. The van der Waals surface area contributed by atoms with Gasteiger partial charge in [0.1, 0.15) is 13.2 Å². The van der Waals surface area contributed by atoms with Crippen LogP contribution in [0.2, 0.25) is 0 Å². The summed E-state index contributed by atoms with van der Waals surface area (Å²) in [6.45, 7) is -1.61. The molecule has 0 aromatic heterocycles. The second-order valence-electron chi connectivity index (χ2n) is 4.70. The van der Waals surface area contributed by atoms with Crippen LogP contribution in [-0.2, 0) is 24.3 Å². The summed E-state index contributed by atoms with van der Waals surface area (Å²) in [7, 11) is -5.48. The predicted octanol–water partition coefficient (Wildman–Crippen LogP) is 3.03. The van der Waals surface area contributed by atoms with Crippen molar-refractivity contribution < 1.29 is 40.7 Å². The van der Waals surface area contributed by atoms with Crippen molar-refractivity contribution in [3.63, 3.8) is 0 Å². The highest BCUT2D eigenvalue weighted by molar-refractivity contribution is 14.1. The van der Waals surface area contributed by atoms with E-state index in [0.29, 0.717) is 9.13 Å². The lowest BCUT2D eigenvalue weighted by atomic mass is 10.2. The van der Waals surface area contributed by atoms with Crippen LogP contribution in [-0.4, -0.2) is 45.6 Å². The molecule has 1 aromatic rings. The number of carbonyl (C=O) groups excluding carboxylic acids is 2. The molecule has 1 N–H and O–H groups in total. The van der Waals surface area contributed by atoms with Gasteiger partial charge >= 0.3 is 27.5 Å². The van der Waals surface area contributed by atoms with Crippen molar-refractivity contribution in [2.24, 2.45) is 0 Å². The number of alkyl halides is 3. The van der Waals surface area contributed by atoms with Crippen LogP contribution in [0, 0.1) is 10.7 Å². The fourth-order valence-electron chi connectivity index (χ4n) is 1.50. The minimum absolute atomic E-state index is 0.288. The summed E-state index contributed by atoms with van der Waals surface area (Å²) in [5.41, 5.74) is -5.09. The lowest BCUT2D eigenvalue weighted by Crippen LogP contribution is -2.38. The van der Waals surface area contributed by atoms with Gasteiger partial charge in [0.15, 0.2) is 0 Å². The van der Waals surface area contributed by atoms with Gasteiger partial charge < -0.3 is 9.47 Å². The molecule has 0 unspecified atom stereocenters. The average molecular weight is 747 g/mol. The van der Waals surface area contributed by atoms with Gasteiger partial charge in [-0.2, -0.15) is 13.2 Å². The number of ether oxygens (including phenoxy) is 2. The standard InChI is InChI=1S/C13H11F3I3NO6S/c14-13(15,16)27(23,24)20-2-4-25-10(21)1-3-26-12(22)8-5-7(17)6-9(18)11(8)19/h5-6,20H,1-4H2. The van der Waals surface area contributed by atoms with Crippen LogP contribution in [0.5, 0.6) is 0 Å². The highest BCUT2D eigenvalue weighted by Crippen LogP contribution is 2.23. The Hall–Kier alpha value is 0.0500. The monoisotopic (exact) mass is 747 g/mol. The molecule has 0 saturated carbocycles. The average Bonchev–Trinajstić information content (AvgIpc) is 2.53. The zero-order valence-corrected chi connectivity index (χ0v) is 20.4. The number of hydrogen-bond acceptors (Lipinski definition) is 6. The SMILES string of the molecule is O=C(CCOC(=O)c1cc(I)cc(I)c1I)OCCNS(=O)(=O)C(F)(F)F. The van der Waals surface area contributed by atoms with Gasteiger partial charge in [0.25, 0.3) is 0 Å². The van der Waals surface area contributed by atoms with Crippen LogP contribution in [0.4, 0.5) is 13.2 Å². The third-order valence-corrected chi connectivity index (χ3v) is 7.58. The van der Waals surface area contributed by atoms with E-state index in [9.17, 15) is 31.2 Å². The highest BCUT2D eigenvalue weighted by Gasteiger charge is 2.45. The van der Waals surface area contributed by atoms with Crippen LogP contribution >= 0.6 is 67.8 Å². The van der Waals surface area contributed by atoms with E-state index >= 15 is 0 Å². The molecule has 0 saturated heterocycles. The molecular weight excluding hydrogens is 736 g/mol. The molecule has 1 aromatic carbocycles. The molecule has 0 radical (unpaired) electrons. The van der Waals surface area contributed by atoms with E-state index in [1.807, 2.05) is 51.2 Å². The number of rotatable bonds is 8. The van der Waals surface area contributed by atoms with Crippen molar-refractivity contribution >= 4 is 89.7 Å². The van der Waals surface area contributed by atoms with Gasteiger partial charge in [0.2, 0.25) is 0 Å². The molecule has 0 fully saturated rings. The van der Waals surface area contributed by atoms with E-state index in [1.165, 1.54) is 4.72 Å². The lowest BCUT2D eigenvalue weighted by molar-refractivity contribution is -0.144. The van der Waals surface area contributed by atoms with E-state index in [1.54, 1.807) is 6.07 Å². The van der Waals surface area contributed by atoms with Crippen molar-refractivity contribution in [2.75, 3.05) is 19.8 Å². The second-order valence-corrected chi connectivity index (χ2v) is 9.94. The summed E-state index contributed by atoms with van der Waals surface area (Å²) >= 11 is 6.12. The zero-order valence-electron chi connectivity index (χ0n) is 13.1. The van der Waals surface area contributed by atoms with E-state index in [-0.39, 0.29) is 13.0 Å². The Morgan fingerprint density at radius 1 is 1.07 bits per heavy atom. The van der Waals surface area contributed by atoms with E-state index in [0.717, 1.165) is 7.14 Å². The number of halogens is 6. The number of hydrogen-bond donors (Lipinski definition) is 1. The second kappa shape index (κ2) is 10.7. The van der Waals surface area contributed by atoms with E-state index < -0.39 is 40.6 Å². The molecule has 0 spiro atoms. The Morgan fingerprint density at radius 2 is 1.70 bits per heavy atom. The Morgan fingerprint density at radius 3 is 2.30 bits per heavy atom. The largest absolute Gasteiger partial charge is 0.511 e. The summed E-state index contributed by atoms with van der Waals surface area (Å²) in [5.74, 6) is -1.47. The Labute approximate surface area is 193 Å². The van der Waals surface area contributed by atoms with Crippen LogP contribution in [0.25, 0.3) is 0 Å². The van der Waals surface area contributed by atoms with Gasteiger partial charge in [-0.25, -0.2) is 17.9 Å². The molecule has 14 heteroatoms. The maximum Gasteiger partial charge on any atom is 0.511 e. The topological polar surface area (TPSA) is 98.8 Å². The van der Waals surface area contributed by atoms with Crippen molar-refractivity contribution in [3.8, 4) is 0 Å². The normalized spacial score (nSPS) is 11.9. The van der Waals surface area contributed by atoms with Crippen molar-refractivity contribution in [1.29, 1.82) is 0 Å². The molecule has 0 aliphatic heterocycles. The molecule has 0 bridgehead atoms. The summed E-state index contributed by atoms with van der Waals surface area (Å²) < 4.78 is 70.9. The number of sulfonamides is 1. The molecule has 152 valence electrons. The Balaban J connectivity index is 2.37. The van der Waals surface area contributed by atoms with Crippen molar-refractivity contribution in [2.45, 2.75) is 11.9 Å². The molecule has 27 heavy (non-hydrogen) atoms. The maximum absolute atomic E-state index is 12.1.